The molecule has 2 amide bonds. The first-order valence-corrected chi connectivity index (χ1v) is 6.77. The van der Waals surface area contributed by atoms with E-state index in [0.29, 0.717) is 6.04 Å². The maximum Gasteiger partial charge on any atom is 0.334 e. The van der Waals surface area contributed by atoms with Gasteiger partial charge in [0.25, 0.3) is 0 Å². The van der Waals surface area contributed by atoms with Crippen LogP contribution >= 0.6 is 0 Å². The Balaban J connectivity index is 1.75. The van der Waals surface area contributed by atoms with Crippen LogP contribution in [-0.4, -0.2) is 64.9 Å². The smallest absolute Gasteiger partial charge is 0.334 e. The number of carbonyl (C=O) groups is 2. The van der Waals surface area contributed by atoms with Crippen LogP contribution in [0.2, 0.25) is 0 Å². The Morgan fingerprint density at radius 2 is 2.05 bits per heavy atom. The van der Waals surface area contributed by atoms with Crippen molar-refractivity contribution in [3.05, 3.63) is 0 Å². The summed E-state index contributed by atoms with van der Waals surface area (Å²) < 4.78 is 0. The van der Waals surface area contributed by atoms with Crippen molar-refractivity contribution in [1.29, 1.82) is 0 Å². The monoisotopic (exact) mass is 271 g/mol. The Kier molecular flexibility index (Phi) is 4.60. The maximum absolute atomic E-state index is 11.7. The number of aliphatic carboxylic acids is 1. The van der Waals surface area contributed by atoms with Crippen LogP contribution < -0.4 is 10.6 Å². The van der Waals surface area contributed by atoms with Gasteiger partial charge in [0.05, 0.1) is 6.54 Å². The number of amides is 2. The molecule has 2 heterocycles. The lowest BCUT2D eigenvalue weighted by atomic mass is 9.99. The number of carboxylic acid groups (broad SMARTS) is 1. The maximum atomic E-state index is 11.7. The first kappa shape index (κ1) is 14.1. The summed E-state index contributed by atoms with van der Waals surface area (Å²) in [6.45, 7) is 1.83. The van der Waals surface area contributed by atoms with Gasteiger partial charge in [-0.2, -0.15) is 0 Å². The fourth-order valence-electron chi connectivity index (χ4n) is 2.91. The molecule has 0 radical (unpaired) electrons. The molecule has 2 unspecified atom stereocenters. The number of nitrogens with zero attached hydrogens (tertiary/aromatic N) is 1. The Morgan fingerprint density at radius 1 is 1.26 bits per heavy atom. The summed E-state index contributed by atoms with van der Waals surface area (Å²) in [6.07, 6.45) is 2.89. The molecule has 108 valence electrons. The molecule has 7 nitrogen and oxygen atoms in total. The highest BCUT2D eigenvalue weighted by atomic mass is 16.4. The van der Waals surface area contributed by atoms with E-state index in [4.69, 9.17) is 10.2 Å². The second-order valence-corrected chi connectivity index (χ2v) is 5.20. The minimum atomic E-state index is -1.56. The second-order valence-electron chi connectivity index (χ2n) is 5.20. The van der Waals surface area contributed by atoms with E-state index in [2.05, 4.69) is 15.5 Å². The van der Waals surface area contributed by atoms with E-state index in [0.717, 1.165) is 25.9 Å². The van der Waals surface area contributed by atoms with Gasteiger partial charge in [0.2, 0.25) is 0 Å². The normalized spacial score (nSPS) is 28.5. The number of nitrogens with one attached hydrogen (secondary N) is 2. The predicted molar refractivity (Wildman–Crippen MR) is 67.8 cm³/mol. The Hall–Kier alpha value is -1.34. The summed E-state index contributed by atoms with van der Waals surface area (Å²) in [6, 6.07) is 0.129. The summed E-state index contributed by atoms with van der Waals surface area (Å²) in [5.41, 5.74) is 0. The molecule has 0 aromatic heterocycles. The third-order valence-corrected chi connectivity index (χ3v) is 3.91. The van der Waals surface area contributed by atoms with E-state index in [1.54, 1.807) is 0 Å². The number of carbonyl (C=O) groups excluding carboxylic acids is 1. The number of piperidine rings is 1. The first-order valence-electron chi connectivity index (χ1n) is 6.77. The number of hydrogen-bond acceptors (Lipinski definition) is 4. The summed E-state index contributed by atoms with van der Waals surface area (Å²) >= 11 is 0. The number of aliphatic hydroxyl groups excluding tert-OH is 1. The lowest BCUT2D eigenvalue weighted by Crippen LogP contribution is -2.51. The standard InChI is InChI=1S/C12H21N3O4/c16-10(11(17)18)7-13-12(19)14-8-4-6-15-5-2-1-3-9(8)15/h8-10,16H,1-7H2,(H,17,18)(H2,13,14,19)/t8?,9?,10-/m0/s1. The first-order chi connectivity index (χ1) is 9.08. The predicted octanol–water partition coefficient (Wildman–Crippen LogP) is -0.642. The topological polar surface area (TPSA) is 102 Å². The fraction of sp³-hybridized carbons (Fsp3) is 0.833. The van der Waals surface area contributed by atoms with Gasteiger partial charge in [-0.25, -0.2) is 9.59 Å². The van der Waals surface area contributed by atoms with Gasteiger partial charge in [-0.05, 0) is 25.8 Å². The molecule has 2 aliphatic heterocycles. The highest BCUT2D eigenvalue weighted by molar-refractivity contribution is 5.76. The summed E-state index contributed by atoms with van der Waals surface area (Å²) in [7, 11) is 0. The van der Waals surface area contributed by atoms with Crippen LogP contribution in [0.4, 0.5) is 4.79 Å². The number of urea groups is 1. The van der Waals surface area contributed by atoms with E-state index >= 15 is 0 Å². The van der Waals surface area contributed by atoms with Crippen LogP contribution in [0.25, 0.3) is 0 Å². The molecule has 0 aliphatic carbocycles. The molecule has 2 rings (SSSR count). The molecule has 2 fully saturated rings. The average molecular weight is 271 g/mol. The highest BCUT2D eigenvalue weighted by Gasteiger charge is 2.36. The molecular formula is C12H21N3O4. The van der Waals surface area contributed by atoms with E-state index in [-0.39, 0.29) is 12.6 Å². The highest BCUT2D eigenvalue weighted by Crippen LogP contribution is 2.26. The quantitative estimate of drug-likeness (QED) is 0.544. The minimum Gasteiger partial charge on any atom is -0.479 e. The molecule has 0 spiro atoms. The van der Waals surface area contributed by atoms with Crippen molar-refractivity contribution in [3.8, 4) is 0 Å². The molecular weight excluding hydrogens is 250 g/mol. The van der Waals surface area contributed by atoms with Crippen molar-refractivity contribution in [2.24, 2.45) is 0 Å². The van der Waals surface area contributed by atoms with Gasteiger partial charge in [0.15, 0.2) is 6.10 Å². The van der Waals surface area contributed by atoms with Crippen LogP contribution in [0.1, 0.15) is 25.7 Å². The van der Waals surface area contributed by atoms with E-state index in [9.17, 15) is 9.59 Å². The van der Waals surface area contributed by atoms with Gasteiger partial charge in [0.1, 0.15) is 0 Å². The Bertz CT molecular complexity index is 350. The van der Waals surface area contributed by atoms with Gasteiger partial charge in [-0.1, -0.05) is 6.42 Å². The molecule has 2 aliphatic rings. The molecule has 7 heteroatoms. The molecule has 0 aromatic rings. The van der Waals surface area contributed by atoms with Crippen molar-refractivity contribution in [2.45, 2.75) is 43.9 Å². The third kappa shape index (κ3) is 3.57. The van der Waals surface area contributed by atoms with Gasteiger partial charge >= 0.3 is 12.0 Å². The van der Waals surface area contributed by atoms with Gasteiger partial charge in [-0.3, -0.25) is 4.90 Å². The number of fused-ring (bicyclic) bond motifs is 1. The molecule has 0 saturated carbocycles. The van der Waals surface area contributed by atoms with E-state index in [1.165, 1.54) is 12.8 Å². The summed E-state index contributed by atoms with van der Waals surface area (Å²) in [4.78, 5) is 24.5. The number of carboxylic acids is 1. The number of hydrogen-bond donors (Lipinski definition) is 4. The minimum absolute atomic E-state index is 0.127. The SMILES string of the molecule is O=C(NC[C@H](O)C(=O)O)NC1CCN2CCCCC12. The van der Waals surface area contributed by atoms with Crippen molar-refractivity contribution in [3.63, 3.8) is 0 Å². The molecule has 0 aromatic carbocycles. The molecule has 4 N–H and O–H groups in total. The van der Waals surface area contributed by atoms with Crippen molar-refractivity contribution >= 4 is 12.0 Å². The molecule has 3 atom stereocenters. The van der Waals surface area contributed by atoms with Crippen LogP contribution in [-0.2, 0) is 4.79 Å². The summed E-state index contributed by atoms with van der Waals surface area (Å²) in [5, 5.41) is 22.8. The number of rotatable bonds is 4. The third-order valence-electron chi connectivity index (χ3n) is 3.91. The van der Waals surface area contributed by atoms with Gasteiger partial charge in [-0.15, -0.1) is 0 Å². The zero-order chi connectivity index (χ0) is 13.8. The van der Waals surface area contributed by atoms with Crippen LogP contribution in [0.15, 0.2) is 0 Å². The Labute approximate surface area is 112 Å². The van der Waals surface area contributed by atoms with Crippen LogP contribution in [0, 0.1) is 0 Å². The largest absolute Gasteiger partial charge is 0.479 e. The van der Waals surface area contributed by atoms with Gasteiger partial charge < -0.3 is 20.8 Å². The average Bonchev–Trinajstić information content (AvgIpc) is 2.79. The van der Waals surface area contributed by atoms with Crippen molar-refractivity contribution in [2.75, 3.05) is 19.6 Å². The Morgan fingerprint density at radius 3 is 2.79 bits per heavy atom. The lowest BCUT2D eigenvalue weighted by molar-refractivity contribution is -0.146. The zero-order valence-corrected chi connectivity index (χ0v) is 10.8. The zero-order valence-electron chi connectivity index (χ0n) is 10.8. The van der Waals surface area contributed by atoms with E-state index < -0.39 is 18.1 Å². The fourth-order valence-corrected chi connectivity index (χ4v) is 2.91. The lowest BCUT2D eigenvalue weighted by Gasteiger charge is -2.32. The molecule has 19 heavy (non-hydrogen) atoms. The van der Waals surface area contributed by atoms with Crippen molar-refractivity contribution in [1.82, 2.24) is 15.5 Å². The van der Waals surface area contributed by atoms with E-state index in [1.807, 2.05) is 0 Å². The second kappa shape index (κ2) is 6.21. The molecule has 0 bridgehead atoms. The van der Waals surface area contributed by atoms with Gasteiger partial charge in [0, 0.05) is 18.6 Å². The summed E-state index contributed by atoms with van der Waals surface area (Å²) in [5.74, 6) is -1.33. The van der Waals surface area contributed by atoms with Crippen molar-refractivity contribution < 1.29 is 19.8 Å². The number of aliphatic hydroxyl groups is 1. The van der Waals surface area contributed by atoms with Crippen LogP contribution in [0.3, 0.4) is 0 Å². The molecule has 2 saturated heterocycles. The van der Waals surface area contributed by atoms with Crippen LogP contribution in [0.5, 0.6) is 0 Å².